The number of halogens is 1. The third-order valence-corrected chi connectivity index (χ3v) is 4.19. The van der Waals surface area contributed by atoms with Crippen LogP contribution in [0.25, 0.3) is 17.2 Å². The van der Waals surface area contributed by atoms with Crippen molar-refractivity contribution in [2.75, 3.05) is 0 Å². The molecule has 0 saturated carbocycles. The van der Waals surface area contributed by atoms with E-state index in [1.165, 1.54) is 0 Å². The first kappa shape index (κ1) is 17.4. The number of aryl methyl sites for hydroxylation is 2. The Balaban J connectivity index is 2.01. The van der Waals surface area contributed by atoms with Gasteiger partial charge in [0.2, 0.25) is 5.91 Å². The molecule has 0 unspecified atom stereocenters. The number of hydrogen-bond acceptors (Lipinski definition) is 4. The predicted octanol–water partition coefficient (Wildman–Crippen LogP) is 3.13. The monoisotopic (exact) mass is 357 g/mol. The molecule has 0 fully saturated rings. The lowest BCUT2D eigenvalue weighted by Crippen LogP contribution is -2.32. The second kappa shape index (κ2) is 6.80. The van der Waals surface area contributed by atoms with E-state index in [9.17, 15) is 4.79 Å². The Morgan fingerprint density at radius 2 is 1.88 bits per heavy atom. The number of carbonyl (C=O) groups is 1. The van der Waals surface area contributed by atoms with Gasteiger partial charge in [0.15, 0.2) is 5.82 Å². The first-order chi connectivity index (χ1) is 11.8. The quantitative estimate of drug-likeness (QED) is 0.778. The highest BCUT2D eigenvalue weighted by atomic mass is 35.5. The molecule has 130 valence electrons. The zero-order valence-electron chi connectivity index (χ0n) is 14.7. The van der Waals surface area contributed by atoms with Gasteiger partial charge in [-0.15, -0.1) is 5.10 Å². The van der Waals surface area contributed by atoms with Crippen LogP contribution in [0.15, 0.2) is 24.3 Å². The lowest BCUT2D eigenvalue weighted by Gasteiger charge is -2.12. The smallest absolute Gasteiger partial charge is 0.253 e. The first-order valence-corrected chi connectivity index (χ1v) is 8.51. The van der Waals surface area contributed by atoms with Gasteiger partial charge in [0.25, 0.3) is 5.78 Å². The maximum absolute atomic E-state index is 12.1. The van der Waals surface area contributed by atoms with Crippen LogP contribution in [0.3, 0.4) is 0 Å². The number of rotatable bonds is 4. The highest BCUT2D eigenvalue weighted by Gasteiger charge is 2.17. The van der Waals surface area contributed by atoms with Gasteiger partial charge in [0.1, 0.15) is 0 Å². The number of nitrogens with one attached hydrogen (secondary N) is 1. The molecule has 3 aromatic rings. The van der Waals surface area contributed by atoms with Crippen molar-refractivity contribution in [1.29, 1.82) is 0 Å². The molecule has 1 amide bonds. The van der Waals surface area contributed by atoms with Crippen LogP contribution < -0.4 is 5.32 Å². The molecule has 0 spiro atoms. The number of nitrogens with zero attached hydrogens (tertiary/aromatic N) is 4. The van der Waals surface area contributed by atoms with E-state index in [1.807, 2.05) is 39.8 Å². The molecule has 0 aliphatic carbocycles. The molecule has 0 radical (unpaired) electrons. The molecule has 3 rings (SSSR count). The Morgan fingerprint density at radius 3 is 2.52 bits per heavy atom. The minimum Gasteiger partial charge on any atom is -0.354 e. The molecular formula is C18H20ClN5O. The molecule has 2 aromatic heterocycles. The fourth-order valence-electron chi connectivity index (χ4n) is 2.72. The second-order valence-electron chi connectivity index (χ2n) is 6.31. The van der Waals surface area contributed by atoms with Gasteiger partial charge >= 0.3 is 0 Å². The van der Waals surface area contributed by atoms with Crippen molar-refractivity contribution < 1.29 is 4.79 Å². The van der Waals surface area contributed by atoms with Crippen molar-refractivity contribution in [3.8, 4) is 11.4 Å². The molecule has 0 saturated heterocycles. The number of amides is 1. The van der Waals surface area contributed by atoms with Crippen LogP contribution in [0.2, 0.25) is 5.02 Å². The van der Waals surface area contributed by atoms with Gasteiger partial charge < -0.3 is 5.32 Å². The summed E-state index contributed by atoms with van der Waals surface area (Å²) in [6, 6.07) is 7.45. The SMILES string of the molecule is Cc1nc2nc(-c3ccc(Cl)cc3)nn2c(C)c1CC(=O)NC(C)C. The fraction of sp³-hybridized carbons (Fsp3) is 0.333. The summed E-state index contributed by atoms with van der Waals surface area (Å²) in [5, 5.41) is 8.12. The molecule has 0 aliphatic heterocycles. The Labute approximate surface area is 151 Å². The number of benzene rings is 1. The van der Waals surface area contributed by atoms with Gasteiger partial charge in [0, 0.05) is 33.6 Å². The second-order valence-corrected chi connectivity index (χ2v) is 6.75. The normalized spacial score (nSPS) is 11.3. The van der Waals surface area contributed by atoms with Crippen molar-refractivity contribution in [1.82, 2.24) is 24.9 Å². The van der Waals surface area contributed by atoms with Gasteiger partial charge in [-0.2, -0.15) is 4.98 Å². The topological polar surface area (TPSA) is 72.2 Å². The highest BCUT2D eigenvalue weighted by molar-refractivity contribution is 6.30. The van der Waals surface area contributed by atoms with E-state index in [2.05, 4.69) is 20.4 Å². The summed E-state index contributed by atoms with van der Waals surface area (Å²) < 4.78 is 1.69. The molecule has 25 heavy (non-hydrogen) atoms. The van der Waals surface area contributed by atoms with Crippen LogP contribution in [0.4, 0.5) is 0 Å². The van der Waals surface area contributed by atoms with Gasteiger partial charge in [-0.05, 0) is 52.0 Å². The summed E-state index contributed by atoms with van der Waals surface area (Å²) in [6.07, 6.45) is 0.273. The Hall–Kier alpha value is -2.47. The molecule has 6 nitrogen and oxygen atoms in total. The molecule has 0 bridgehead atoms. The Morgan fingerprint density at radius 1 is 1.20 bits per heavy atom. The summed E-state index contributed by atoms with van der Waals surface area (Å²) in [7, 11) is 0. The number of aromatic nitrogens is 4. The Kier molecular flexibility index (Phi) is 4.72. The van der Waals surface area contributed by atoms with E-state index >= 15 is 0 Å². The number of carbonyl (C=O) groups excluding carboxylic acids is 1. The minimum atomic E-state index is -0.0274. The van der Waals surface area contributed by atoms with Gasteiger partial charge in [0.05, 0.1) is 6.42 Å². The number of hydrogen-bond donors (Lipinski definition) is 1. The van der Waals surface area contributed by atoms with Crippen molar-refractivity contribution >= 4 is 23.3 Å². The standard InChI is InChI=1S/C18H20ClN5O/c1-10(2)20-16(25)9-15-11(3)21-18-22-17(23-24(18)12(15)4)13-5-7-14(19)8-6-13/h5-8,10H,9H2,1-4H3,(H,20,25). The molecule has 0 atom stereocenters. The van der Waals surface area contributed by atoms with E-state index < -0.39 is 0 Å². The molecule has 1 N–H and O–H groups in total. The van der Waals surface area contributed by atoms with Crippen molar-refractivity contribution in [3.05, 3.63) is 46.2 Å². The largest absolute Gasteiger partial charge is 0.354 e. The van der Waals surface area contributed by atoms with Crippen LogP contribution in [-0.4, -0.2) is 31.5 Å². The molecular weight excluding hydrogens is 338 g/mol. The lowest BCUT2D eigenvalue weighted by atomic mass is 10.1. The van der Waals surface area contributed by atoms with Crippen molar-refractivity contribution in [3.63, 3.8) is 0 Å². The highest BCUT2D eigenvalue weighted by Crippen LogP contribution is 2.21. The summed E-state index contributed by atoms with van der Waals surface area (Å²) in [5.41, 5.74) is 3.40. The molecule has 7 heteroatoms. The zero-order chi connectivity index (χ0) is 18.1. The third-order valence-electron chi connectivity index (χ3n) is 3.94. The molecule has 2 heterocycles. The predicted molar refractivity (Wildman–Crippen MR) is 97.7 cm³/mol. The average Bonchev–Trinajstić information content (AvgIpc) is 2.95. The fourth-order valence-corrected chi connectivity index (χ4v) is 2.84. The molecule has 1 aromatic carbocycles. The minimum absolute atomic E-state index is 0.0274. The van der Waals surface area contributed by atoms with E-state index in [4.69, 9.17) is 11.6 Å². The van der Waals surface area contributed by atoms with E-state index in [0.717, 1.165) is 22.5 Å². The van der Waals surface area contributed by atoms with Crippen molar-refractivity contribution in [2.45, 2.75) is 40.2 Å². The molecule has 0 aliphatic rings. The van der Waals surface area contributed by atoms with E-state index in [-0.39, 0.29) is 18.4 Å². The van der Waals surface area contributed by atoms with Crippen LogP contribution >= 0.6 is 11.6 Å². The third kappa shape index (κ3) is 3.64. The summed E-state index contributed by atoms with van der Waals surface area (Å²) >= 11 is 5.93. The summed E-state index contributed by atoms with van der Waals surface area (Å²) in [6.45, 7) is 7.70. The first-order valence-electron chi connectivity index (χ1n) is 8.13. The lowest BCUT2D eigenvalue weighted by molar-refractivity contribution is -0.120. The van der Waals surface area contributed by atoms with Gasteiger partial charge in [-0.25, -0.2) is 9.50 Å². The van der Waals surface area contributed by atoms with Crippen LogP contribution in [0.5, 0.6) is 0 Å². The Bertz CT molecular complexity index is 931. The van der Waals surface area contributed by atoms with Crippen molar-refractivity contribution in [2.24, 2.45) is 0 Å². The zero-order valence-corrected chi connectivity index (χ0v) is 15.4. The van der Waals surface area contributed by atoms with Gasteiger partial charge in [-0.1, -0.05) is 11.6 Å². The van der Waals surface area contributed by atoms with Gasteiger partial charge in [-0.3, -0.25) is 4.79 Å². The van der Waals surface area contributed by atoms with E-state index in [1.54, 1.807) is 16.6 Å². The number of fused-ring (bicyclic) bond motifs is 1. The van der Waals surface area contributed by atoms with Crippen LogP contribution in [0.1, 0.15) is 30.8 Å². The average molecular weight is 358 g/mol. The van der Waals surface area contributed by atoms with Crippen LogP contribution in [0, 0.1) is 13.8 Å². The maximum atomic E-state index is 12.1. The summed E-state index contributed by atoms with van der Waals surface area (Å²) in [4.78, 5) is 21.1. The maximum Gasteiger partial charge on any atom is 0.253 e. The van der Waals surface area contributed by atoms with E-state index in [0.29, 0.717) is 16.6 Å². The van der Waals surface area contributed by atoms with Crippen LogP contribution in [-0.2, 0) is 11.2 Å². The summed E-state index contributed by atoms with van der Waals surface area (Å²) in [5.74, 6) is 1.07.